The molecule has 0 saturated heterocycles. The van der Waals surface area contributed by atoms with Crippen molar-refractivity contribution in [3.63, 3.8) is 0 Å². The van der Waals surface area contributed by atoms with Gasteiger partial charge in [-0.05, 0) is 30.6 Å². The zero-order valence-corrected chi connectivity index (χ0v) is 11.4. The lowest BCUT2D eigenvalue weighted by Gasteiger charge is -2.36. The van der Waals surface area contributed by atoms with Crippen LogP contribution >= 0.6 is 0 Å². The summed E-state index contributed by atoms with van der Waals surface area (Å²) in [5.41, 5.74) is -0.685. The van der Waals surface area contributed by atoms with Gasteiger partial charge in [0, 0.05) is 19.3 Å². The Morgan fingerprint density at radius 1 is 1.18 bits per heavy atom. The zero-order chi connectivity index (χ0) is 13.1. The molecule has 2 bridgehead atoms. The molecular formula is C14H22O3. The minimum atomic E-state index is -0.859. The molecule has 3 atom stereocenters. The van der Waals surface area contributed by atoms with Crippen LogP contribution in [0.4, 0.5) is 0 Å². The Morgan fingerprint density at radius 2 is 1.76 bits per heavy atom. The van der Waals surface area contributed by atoms with Crippen LogP contribution in [-0.4, -0.2) is 17.4 Å². The van der Waals surface area contributed by atoms with E-state index in [9.17, 15) is 9.59 Å². The molecule has 0 heterocycles. The Bertz CT molecular complexity index is 382. The summed E-state index contributed by atoms with van der Waals surface area (Å²) in [5, 5.41) is 0. The number of rotatable bonds is 2. The van der Waals surface area contributed by atoms with Crippen LogP contribution in [0.1, 0.15) is 53.9 Å². The van der Waals surface area contributed by atoms with E-state index in [0.717, 1.165) is 12.8 Å². The van der Waals surface area contributed by atoms with Crippen LogP contribution in [0.25, 0.3) is 0 Å². The van der Waals surface area contributed by atoms with E-state index >= 15 is 0 Å². The molecule has 0 aromatic rings. The fourth-order valence-corrected chi connectivity index (χ4v) is 4.21. The Morgan fingerprint density at radius 3 is 2.06 bits per heavy atom. The second-order valence-electron chi connectivity index (χ2n) is 6.59. The number of carbonyl (C=O) groups is 2. The third-order valence-corrected chi connectivity index (χ3v) is 5.55. The molecule has 0 radical (unpaired) electrons. The van der Waals surface area contributed by atoms with Crippen molar-refractivity contribution in [2.24, 2.45) is 16.7 Å². The molecule has 0 aromatic heterocycles. The zero-order valence-electron chi connectivity index (χ0n) is 11.4. The van der Waals surface area contributed by atoms with Crippen molar-refractivity contribution in [2.75, 3.05) is 0 Å². The molecule has 17 heavy (non-hydrogen) atoms. The summed E-state index contributed by atoms with van der Waals surface area (Å²) in [6.07, 6.45) is 2.80. The molecule has 3 heteroatoms. The third-order valence-electron chi connectivity index (χ3n) is 5.55. The SMILES string of the molecule is CC(=O)OC1(C(C)=O)CC2(C)CCC1C2(C)C. The van der Waals surface area contributed by atoms with Gasteiger partial charge in [-0.15, -0.1) is 0 Å². The minimum absolute atomic E-state index is 0.00852. The maximum atomic E-state index is 12.0. The average molecular weight is 238 g/mol. The first-order valence-electron chi connectivity index (χ1n) is 6.36. The predicted molar refractivity (Wildman–Crippen MR) is 64.4 cm³/mol. The Kier molecular flexibility index (Phi) is 2.47. The van der Waals surface area contributed by atoms with Crippen LogP contribution in [0.2, 0.25) is 0 Å². The van der Waals surface area contributed by atoms with E-state index < -0.39 is 5.60 Å². The minimum Gasteiger partial charge on any atom is -0.451 e. The monoisotopic (exact) mass is 238 g/mol. The summed E-state index contributed by atoms with van der Waals surface area (Å²) in [6, 6.07) is 0. The number of hydrogen-bond acceptors (Lipinski definition) is 3. The van der Waals surface area contributed by atoms with Crippen molar-refractivity contribution in [1.29, 1.82) is 0 Å². The summed E-state index contributed by atoms with van der Waals surface area (Å²) in [4.78, 5) is 23.4. The molecule has 0 aliphatic heterocycles. The molecule has 2 saturated carbocycles. The number of ketones is 1. The van der Waals surface area contributed by atoms with E-state index in [4.69, 9.17) is 4.74 Å². The maximum absolute atomic E-state index is 12.0. The van der Waals surface area contributed by atoms with Crippen LogP contribution in [0.15, 0.2) is 0 Å². The third kappa shape index (κ3) is 1.40. The van der Waals surface area contributed by atoms with Gasteiger partial charge in [-0.1, -0.05) is 20.8 Å². The highest BCUT2D eigenvalue weighted by Gasteiger charge is 2.70. The number of ether oxygens (including phenoxy) is 1. The lowest BCUT2D eigenvalue weighted by Crippen LogP contribution is -2.48. The molecule has 3 unspecified atom stereocenters. The number of carbonyl (C=O) groups excluding carboxylic acids is 2. The van der Waals surface area contributed by atoms with Crippen molar-refractivity contribution in [2.45, 2.75) is 59.5 Å². The topological polar surface area (TPSA) is 43.4 Å². The molecular weight excluding hydrogens is 216 g/mol. The van der Waals surface area contributed by atoms with Gasteiger partial charge in [0.25, 0.3) is 0 Å². The van der Waals surface area contributed by atoms with Gasteiger partial charge in [0.05, 0.1) is 0 Å². The number of esters is 1. The first-order valence-corrected chi connectivity index (χ1v) is 6.36. The molecule has 3 nitrogen and oxygen atoms in total. The molecule has 2 fully saturated rings. The molecule has 0 N–H and O–H groups in total. The first kappa shape index (κ1) is 12.6. The van der Waals surface area contributed by atoms with Gasteiger partial charge in [-0.3, -0.25) is 9.59 Å². The molecule has 0 aromatic carbocycles. The van der Waals surface area contributed by atoms with Gasteiger partial charge >= 0.3 is 5.97 Å². The van der Waals surface area contributed by atoms with Gasteiger partial charge < -0.3 is 4.74 Å². The lowest BCUT2D eigenvalue weighted by molar-refractivity contribution is -0.172. The maximum Gasteiger partial charge on any atom is 0.303 e. The highest BCUT2D eigenvalue weighted by Crippen LogP contribution is 2.70. The quantitative estimate of drug-likeness (QED) is 0.695. The second kappa shape index (κ2) is 3.33. The molecule has 96 valence electrons. The van der Waals surface area contributed by atoms with Crippen LogP contribution in [0.5, 0.6) is 0 Å². The fraction of sp³-hybridized carbons (Fsp3) is 0.857. The summed E-state index contributed by atoms with van der Waals surface area (Å²) >= 11 is 0. The Labute approximate surface area is 103 Å². The predicted octanol–water partition coefficient (Wildman–Crippen LogP) is 2.72. The van der Waals surface area contributed by atoms with Gasteiger partial charge in [0.1, 0.15) is 0 Å². The van der Waals surface area contributed by atoms with E-state index in [-0.39, 0.29) is 28.5 Å². The average Bonchev–Trinajstić information content (AvgIpc) is 2.45. The second-order valence-corrected chi connectivity index (χ2v) is 6.59. The van der Waals surface area contributed by atoms with E-state index in [1.165, 1.54) is 6.92 Å². The molecule has 2 rings (SSSR count). The van der Waals surface area contributed by atoms with Gasteiger partial charge in [0.15, 0.2) is 11.4 Å². The number of hydrogen-bond donors (Lipinski definition) is 0. The number of fused-ring (bicyclic) bond motifs is 2. The van der Waals surface area contributed by atoms with Crippen LogP contribution in [0, 0.1) is 16.7 Å². The van der Waals surface area contributed by atoms with Gasteiger partial charge in [-0.25, -0.2) is 0 Å². The van der Waals surface area contributed by atoms with E-state index in [0.29, 0.717) is 6.42 Å². The standard InChI is InChI=1S/C14H22O3/c1-9(15)14(17-10(2)16)8-13(5)7-6-11(14)12(13,3)4/h11H,6-8H2,1-5H3. The fourth-order valence-electron chi connectivity index (χ4n) is 4.21. The molecule has 0 spiro atoms. The van der Waals surface area contributed by atoms with Crippen molar-refractivity contribution in [1.82, 2.24) is 0 Å². The largest absolute Gasteiger partial charge is 0.451 e. The Hall–Kier alpha value is -0.860. The van der Waals surface area contributed by atoms with Gasteiger partial charge in [-0.2, -0.15) is 0 Å². The highest BCUT2D eigenvalue weighted by molar-refractivity contribution is 5.88. The summed E-state index contributed by atoms with van der Waals surface area (Å²) in [7, 11) is 0. The normalized spacial score (nSPS) is 42.5. The molecule has 2 aliphatic carbocycles. The molecule has 2 aliphatic rings. The van der Waals surface area contributed by atoms with E-state index in [2.05, 4.69) is 20.8 Å². The van der Waals surface area contributed by atoms with Crippen molar-refractivity contribution < 1.29 is 14.3 Å². The summed E-state index contributed by atoms with van der Waals surface area (Å²) in [5.74, 6) is -0.164. The Balaban J connectivity index is 2.46. The van der Waals surface area contributed by atoms with Crippen LogP contribution < -0.4 is 0 Å². The first-order chi connectivity index (χ1) is 7.66. The molecule has 0 amide bonds. The van der Waals surface area contributed by atoms with Crippen molar-refractivity contribution in [3.8, 4) is 0 Å². The highest BCUT2D eigenvalue weighted by atomic mass is 16.6. The van der Waals surface area contributed by atoms with Crippen molar-refractivity contribution >= 4 is 11.8 Å². The van der Waals surface area contributed by atoms with Gasteiger partial charge in [0.2, 0.25) is 0 Å². The summed E-state index contributed by atoms with van der Waals surface area (Å²) in [6.45, 7) is 9.59. The number of Topliss-reactive ketones (excluding diaryl/α,β-unsaturated/α-hetero) is 1. The van der Waals surface area contributed by atoms with Crippen LogP contribution in [-0.2, 0) is 14.3 Å². The van der Waals surface area contributed by atoms with E-state index in [1.807, 2.05) is 0 Å². The van der Waals surface area contributed by atoms with Crippen LogP contribution in [0.3, 0.4) is 0 Å². The van der Waals surface area contributed by atoms with Crippen molar-refractivity contribution in [3.05, 3.63) is 0 Å². The summed E-state index contributed by atoms with van der Waals surface area (Å²) < 4.78 is 5.51. The van der Waals surface area contributed by atoms with E-state index in [1.54, 1.807) is 6.92 Å². The lowest BCUT2D eigenvalue weighted by atomic mass is 9.71. The smallest absolute Gasteiger partial charge is 0.303 e.